The molecule has 0 unspecified atom stereocenters. The van der Waals surface area contributed by atoms with Crippen LogP contribution in [0.15, 0.2) is 34.5 Å². The normalized spacial score (nSPS) is 18.6. The number of para-hydroxylation sites is 1. The van der Waals surface area contributed by atoms with Crippen molar-refractivity contribution in [3.05, 3.63) is 35.3 Å². The number of morpholine rings is 1. The molecule has 3 amide bonds. The number of nitrogens with one attached hydrogen (secondary N) is 3. The monoisotopic (exact) mass is 433 g/mol. The van der Waals surface area contributed by atoms with Crippen molar-refractivity contribution in [3.8, 4) is 0 Å². The number of anilines is 2. The molecule has 1 atom stereocenters. The molecule has 9 nitrogen and oxygen atoms in total. The van der Waals surface area contributed by atoms with Gasteiger partial charge in [0.05, 0.1) is 24.2 Å². The van der Waals surface area contributed by atoms with Gasteiger partial charge in [0.2, 0.25) is 11.8 Å². The molecule has 2 aliphatic rings. The third-order valence-electron chi connectivity index (χ3n) is 4.40. The Morgan fingerprint density at radius 1 is 1.24 bits per heavy atom. The Labute approximate surface area is 175 Å². The van der Waals surface area contributed by atoms with Crippen LogP contribution in [0.5, 0.6) is 0 Å². The first-order valence-electron chi connectivity index (χ1n) is 9.04. The Morgan fingerprint density at radius 2 is 2.03 bits per heavy atom. The molecule has 1 aromatic carbocycles. The van der Waals surface area contributed by atoms with E-state index in [4.69, 9.17) is 4.74 Å². The highest BCUT2D eigenvalue weighted by Gasteiger charge is 2.29. The average molecular weight is 434 g/mol. The van der Waals surface area contributed by atoms with Crippen LogP contribution >= 0.6 is 23.1 Å². The summed E-state index contributed by atoms with van der Waals surface area (Å²) in [7, 11) is 0. The highest BCUT2D eigenvalue weighted by atomic mass is 32.2. The molecule has 2 aliphatic heterocycles. The van der Waals surface area contributed by atoms with Gasteiger partial charge in [0, 0.05) is 29.8 Å². The number of hydrazine groups is 1. The van der Waals surface area contributed by atoms with Gasteiger partial charge < -0.3 is 15.0 Å². The lowest BCUT2D eigenvalue weighted by molar-refractivity contribution is -0.124. The van der Waals surface area contributed by atoms with Crippen molar-refractivity contribution in [2.45, 2.75) is 16.6 Å². The van der Waals surface area contributed by atoms with Gasteiger partial charge in [0.1, 0.15) is 5.69 Å². The Balaban J connectivity index is 1.28. The number of carbonyl (C=O) groups excluding carboxylic acids is 3. The summed E-state index contributed by atoms with van der Waals surface area (Å²) >= 11 is 2.70. The van der Waals surface area contributed by atoms with E-state index in [0.717, 1.165) is 28.8 Å². The molecular formula is C18H19N5O4S2. The summed E-state index contributed by atoms with van der Waals surface area (Å²) in [6.07, 6.45) is -0.0544. The second-order valence-electron chi connectivity index (χ2n) is 6.41. The number of hydrogen-bond donors (Lipinski definition) is 3. The topological polar surface area (TPSA) is 113 Å². The van der Waals surface area contributed by atoms with E-state index in [-0.39, 0.29) is 18.0 Å². The maximum Gasteiger partial charge on any atom is 0.289 e. The fraction of sp³-hybridized carbons (Fsp3) is 0.333. The molecule has 0 saturated carbocycles. The van der Waals surface area contributed by atoms with Crippen LogP contribution in [0.4, 0.5) is 10.8 Å². The quantitative estimate of drug-likeness (QED) is 0.622. The van der Waals surface area contributed by atoms with Crippen molar-refractivity contribution >= 4 is 51.6 Å². The Hall–Kier alpha value is -2.63. The van der Waals surface area contributed by atoms with Crippen molar-refractivity contribution in [1.29, 1.82) is 0 Å². The Morgan fingerprint density at radius 3 is 2.86 bits per heavy atom. The molecule has 3 heterocycles. The molecule has 1 fully saturated rings. The summed E-state index contributed by atoms with van der Waals surface area (Å²) < 4.78 is 5.31. The van der Waals surface area contributed by atoms with Gasteiger partial charge in [0.15, 0.2) is 5.13 Å². The lowest BCUT2D eigenvalue weighted by Crippen LogP contribution is -2.44. The number of ether oxygens (including phenoxy) is 1. The van der Waals surface area contributed by atoms with Crippen molar-refractivity contribution in [3.63, 3.8) is 0 Å². The van der Waals surface area contributed by atoms with Gasteiger partial charge in [-0.15, -0.1) is 23.1 Å². The van der Waals surface area contributed by atoms with E-state index in [9.17, 15) is 14.4 Å². The zero-order valence-electron chi connectivity index (χ0n) is 15.3. The number of rotatable bonds is 4. The first-order valence-corrected chi connectivity index (χ1v) is 10.8. The van der Waals surface area contributed by atoms with E-state index in [1.807, 2.05) is 24.3 Å². The number of thioether (sulfide) groups is 1. The van der Waals surface area contributed by atoms with Crippen LogP contribution in [0, 0.1) is 0 Å². The molecular weight excluding hydrogens is 414 g/mol. The number of amides is 3. The smallest absolute Gasteiger partial charge is 0.289 e. The SMILES string of the molecule is O=C(C[C@H]1Sc2ccccc2NC1=O)NNC(=O)c1csc(N2CCOCC2)n1. The van der Waals surface area contributed by atoms with Gasteiger partial charge in [-0.3, -0.25) is 25.2 Å². The van der Waals surface area contributed by atoms with E-state index in [1.165, 1.54) is 23.1 Å². The largest absolute Gasteiger partial charge is 0.378 e. The molecule has 3 N–H and O–H groups in total. The maximum absolute atomic E-state index is 12.3. The molecule has 0 aliphatic carbocycles. The third kappa shape index (κ3) is 4.69. The number of benzene rings is 1. The van der Waals surface area contributed by atoms with E-state index >= 15 is 0 Å². The third-order valence-corrected chi connectivity index (χ3v) is 6.58. The summed E-state index contributed by atoms with van der Waals surface area (Å²) in [4.78, 5) is 43.9. The summed E-state index contributed by atoms with van der Waals surface area (Å²) in [5, 5.41) is 4.62. The highest BCUT2D eigenvalue weighted by Crippen LogP contribution is 2.36. The maximum atomic E-state index is 12.3. The van der Waals surface area contributed by atoms with Gasteiger partial charge in [0.25, 0.3) is 5.91 Å². The minimum atomic E-state index is -0.561. The molecule has 0 bridgehead atoms. The van der Waals surface area contributed by atoms with E-state index < -0.39 is 17.1 Å². The highest BCUT2D eigenvalue weighted by molar-refractivity contribution is 8.01. The van der Waals surface area contributed by atoms with Crippen molar-refractivity contribution in [1.82, 2.24) is 15.8 Å². The number of nitrogens with zero attached hydrogens (tertiary/aromatic N) is 2. The number of aromatic nitrogens is 1. The zero-order valence-corrected chi connectivity index (χ0v) is 17.0. The summed E-state index contributed by atoms with van der Waals surface area (Å²) in [5.41, 5.74) is 5.70. The second kappa shape index (κ2) is 8.80. The van der Waals surface area contributed by atoms with Crippen molar-refractivity contribution < 1.29 is 19.1 Å². The van der Waals surface area contributed by atoms with Crippen molar-refractivity contribution in [2.24, 2.45) is 0 Å². The molecule has 1 aromatic heterocycles. The van der Waals surface area contributed by atoms with Crippen molar-refractivity contribution in [2.75, 3.05) is 36.5 Å². The lowest BCUT2D eigenvalue weighted by atomic mass is 10.2. The molecule has 29 heavy (non-hydrogen) atoms. The first-order chi connectivity index (χ1) is 14.1. The molecule has 152 valence electrons. The summed E-state index contributed by atoms with van der Waals surface area (Å²) in [6.45, 7) is 2.73. The van der Waals surface area contributed by atoms with E-state index in [2.05, 4.69) is 26.1 Å². The number of thiazole rings is 1. The van der Waals surface area contributed by atoms with Gasteiger partial charge in [-0.2, -0.15) is 0 Å². The molecule has 0 radical (unpaired) electrons. The standard InChI is InChI=1S/C18H19N5O4S2/c24-15(9-14-17(26)19-11-3-1-2-4-13(11)29-14)21-22-16(25)12-10-28-18(20-12)23-5-7-27-8-6-23/h1-4,10,14H,5-9H2,(H,19,26)(H,21,24)(H,22,25)/t14-/m1/s1. The van der Waals surface area contributed by atoms with Crippen LogP contribution in [-0.2, 0) is 14.3 Å². The second-order valence-corrected chi connectivity index (χ2v) is 8.49. The number of fused-ring (bicyclic) bond motifs is 1. The van der Waals surface area contributed by atoms with Gasteiger partial charge in [-0.25, -0.2) is 4.98 Å². The first kappa shape index (κ1) is 19.7. The Kier molecular flexibility index (Phi) is 5.97. The number of carbonyl (C=O) groups is 3. The van der Waals surface area contributed by atoms with Crippen LogP contribution in [-0.4, -0.2) is 54.3 Å². The van der Waals surface area contributed by atoms with Crippen LogP contribution < -0.4 is 21.1 Å². The Bertz CT molecular complexity index is 928. The predicted molar refractivity (Wildman–Crippen MR) is 110 cm³/mol. The van der Waals surface area contributed by atoms with E-state index in [1.54, 1.807) is 5.38 Å². The van der Waals surface area contributed by atoms with Gasteiger partial charge in [-0.1, -0.05) is 12.1 Å². The lowest BCUT2D eigenvalue weighted by Gasteiger charge is -2.25. The summed E-state index contributed by atoms with van der Waals surface area (Å²) in [5.74, 6) is -1.18. The molecule has 11 heteroatoms. The minimum absolute atomic E-state index is 0.0544. The molecule has 4 rings (SSSR count). The van der Waals surface area contributed by atoms with Crippen LogP contribution in [0.25, 0.3) is 0 Å². The fourth-order valence-corrected chi connectivity index (χ4v) is 4.88. The van der Waals surface area contributed by atoms with E-state index in [0.29, 0.717) is 13.2 Å². The van der Waals surface area contributed by atoms with Crippen LogP contribution in [0.3, 0.4) is 0 Å². The zero-order chi connectivity index (χ0) is 20.2. The molecule has 1 saturated heterocycles. The fourth-order valence-electron chi connectivity index (χ4n) is 2.91. The predicted octanol–water partition coefficient (Wildman–Crippen LogP) is 1.24. The summed E-state index contributed by atoms with van der Waals surface area (Å²) in [6, 6.07) is 7.42. The van der Waals surface area contributed by atoms with Gasteiger partial charge >= 0.3 is 0 Å². The molecule has 0 spiro atoms. The minimum Gasteiger partial charge on any atom is -0.378 e. The van der Waals surface area contributed by atoms with Crippen LogP contribution in [0.2, 0.25) is 0 Å². The van der Waals surface area contributed by atoms with Crippen LogP contribution in [0.1, 0.15) is 16.9 Å². The molecule has 2 aromatic rings. The van der Waals surface area contributed by atoms with Gasteiger partial charge in [-0.05, 0) is 12.1 Å². The number of hydrogen-bond acceptors (Lipinski definition) is 8. The average Bonchev–Trinajstić information content (AvgIpc) is 3.24.